The molecule has 5 nitrogen and oxygen atoms in total. The van der Waals surface area contributed by atoms with Gasteiger partial charge in [-0.3, -0.25) is 4.79 Å². The molecule has 2 aliphatic rings. The van der Waals surface area contributed by atoms with Crippen molar-refractivity contribution in [2.24, 2.45) is 4.99 Å². The monoisotopic (exact) mass is 330 g/mol. The van der Waals surface area contributed by atoms with Gasteiger partial charge in [-0.1, -0.05) is 12.1 Å². The van der Waals surface area contributed by atoms with Gasteiger partial charge >= 0.3 is 5.97 Å². The second kappa shape index (κ2) is 7.00. The molecule has 120 valence electrons. The van der Waals surface area contributed by atoms with Gasteiger partial charge in [0.1, 0.15) is 0 Å². The van der Waals surface area contributed by atoms with Gasteiger partial charge in [0, 0.05) is 13.1 Å². The van der Waals surface area contributed by atoms with Crippen LogP contribution in [0.5, 0.6) is 0 Å². The molecule has 2 aliphatic heterocycles. The first-order valence-corrected chi connectivity index (χ1v) is 8.45. The van der Waals surface area contributed by atoms with Crippen LogP contribution >= 0.6 is 11.8 Å². The lowest BCUT2D eigenvalue weighted by molar-refractivity contribution is -0.113. The predicted octanol–water partition coefficient (Wildman–Crippen LogP) is 2.93. The molecule has 1 aromatic carbocycles. The number of esters is 1. The van der Waals surface area contributed by atoms with Crippen LogP contribution in [-0.2, 0) is 9.53 Å². The van der Waals surface area contributed by atoms with Crippen molar-refractivity contribution in [3.05, 3.63) is 40.3 Å². The van der Waals surface area contributed by atoms with Crippen LogP contribution in [0.4, 0.5) is 0 Å². The van der Waals surface area contributed by atoms with Crippen LogP contribution in [0, 0.1) is 0 Å². The Morgan fingerprint density at radius 1 is 1.22 bits per heavy atom. The van der Waals surface area contributed by atoms with Gasteiger partial charge in [0.25, 0.3) is 5.91 Å². The van der Waals surface area contributed by atoms with Gasteiger partial charge in [0.2, 0.25) is 0 Å². The third kappa shape index (κ3) is 3.64. The Kier molecular flexibility index (Phi) is 4.81. The molecule has 0 bridgehead atoms. The largest absolute Gasteiger partial charge is 0.465 e. The lowest BCUT2D eigenvalue weighted by Crippen LogP contribution is -2.33. The molecule has 0 aliphatic carbocycles. The number of carbonyl (C=O) groups excluding carboxylic acids is 2. The molecule has 0 atom stereocenters. The van der Waals surface area contributed by atoms with E-state index in [0.29, 0.717) is 10.5 Å². The molecule has 0 aromatic heterocycles. The third-order valence-corrected chi connectivity index (χ3v) is 4.91. The summed E-state index contributed by atoms with van der Waals surface area (Å²) in [5, 5.41) is 0.812. The van der Waals surface area contributed by atoms with Crippen LogP contribution < -0.4 is 0 Å². The van der Waals surface area contributed by atoms with Gasteiger partial charge in [-0.2, -0.15) is 4.99 Å². The van der Waals surface area contributed by atoms with Crippen LogP contribution in [0.15, 0.2) is 34.2 Å². The molecule has 1 saturated heterocycles. The molecule has 1 amide bonds. The maximum Gasteiger partial charge on any atom is 0.337 e. The second-order valence-corrected chi connectivity index (χ2v) is 6.48. The van der Waals surface area contributed by atoms with Crippen molar-refractivity contribution in [3.63, 3.8) is 0 Å². The molecule has 1 aromatic rings. The lowest BCUT2D eigenvalue weighted by atomic mass is 10.1. The first kappa shape index (κ1) is 15.8. The fourth-order valence-corrected chi connectivity index (χ4v) is 3.57. The smallest absolute Gasteiger partial charge is 0.337 e. The van der Waals surface area contributed by atoms with Crippen molar-refractivity contribution >= 4 is 34.9 Å². The summed E-state index contributed by atoms with van der Waals surface area (Å²) in [6, 6.07) is 6.97. The molecular formula is C17H18N2O3S. The summed E-state index contributed by atoms with van der Waals surface area (Å²) in [6.45, 7) is 1.94. The van der Waals surface area contributed by atoms with Crippen LogP contribution in [0.2, 0.25) is 0 Å². The maximum atomic E-state index is 12.1. The number of aliphatic imine (C=N–C) groups is 1. The zero-order valence-electron chi connectivity index (χ0n) is 12.9. The van der Waals surface area contributed by atoms with Crippen molar-refractivity contribution in [1.82, 2.24) is 4.90 Å². The van der Waals surface area contributed by atoms with Gasteiger partial charge in [-0.15, -0.1) is 0 Å². The fraction of sp³-hybridized carbons (Fsp3) is 0.353. The number of methoxy groups -OCH3 is 1. The number of hydrogen-bond acceptors (Lipinski definition) is 5. The summed E-state index contributed by atoms with van der Waals surface area (Å²) < 4.78 is 4.67. The number of ether oxygens (including phenoxy) is 1. The van der Waals surface area contributed by atoms with Gasteiger partial charge in [0.05, 0.1) is 17.6 Å². The maximum absolute atomic E-state index is 12.1. The van der Waals surface area contributed by atoms with Crippen LogP contribution in [-0.4, -0.2) is 42.1 Å². The Morgan fingerprint density at radius 2 is 1.91 bits per heavy atom. The molecule has 6 heteroatoms. The topological polar surface area (TPSA) is 59.0 Å². The molecule has 0 spiro atoms. The van der Waals surface area contributed by atoms with Crippen LogP contribution in [0.3, 0.4) is 0 Å². The third-order valence-electron chi connectivity index (χ3n) is 3.87. The zero-order chi connectivity index (χ0) is 16.2. The highest BCUT2D eigenvalue weighted by atomic mass is 32.2. The average Bonchev–Trinajstić information content (AvgIpc) is 2.96. The molecule has 1 fully saturated rings. The highest BCUT2D eigenvalue weighted by Gasteiger charge is 2.26. The highest BCUT2D eigenvalue weighted by molar-refractivity contribution is 8.18. The second-order valence-electron chi connectivity index (χ2n) is 5.47. The first-order chi connectivity index (χ1) is 11.2. The summed E-state index contributed by atoms with van der Waals surface area (Å²) in [5.74, 6) is -0.557. The number of amidine groups is 1. The number of hydrogen-bond donors (Lipinski definition) is 0. The lowest BCUT2D eigenvalue weighted by Gasteiger charge is -2.27. The number of piperidine rings is 1. The minimum atomic E-state index is -0.369. The van der Waals surface area contributed by atoms with Crippen molar-refractivity contribution in [1.29, 1.82) is 0 Å². The normalized spacial score (nSPS) is 19.9. The van der Waals surface area contributed by atoms with E-state index in [1.165, 1.54) is 25.3 Å². The average molecular weight is 330 g/mol. The summed E-state index contributed by atoms with van der Waals surface area (Å²) >= 11 is 1.43. The van der Waals surface area contributed by atoms with E-state index in [0.717, 1.165) is 36.7 Å². The molecule has 0 unspecified atom stereocenters. The SMILES string of the molecule is COC(=O)c1ccc(C=C2SC(N3CCCCC3)=NC2=O)cc1. The van der Waals surface area contributed by atoms with Crippen molar-refractivity contribution in [3.8, 4) is 0 Å². The summed E-state index contributed by atoms with van der Waals surface area (Å²) in [6.07, 6.45) is 5.37. The van der Waals surface area contributed by atoms with E-state index in [2.05, 4.69) is 14.6 Å². The molecule has 0 radical (unpaired) electrons. The van der Waals surface area contributed by atoms with Gasteiger partial charge in [-0.25, -0.2) is 4.79 Å². The Morgan fingerprint density at radius 3 is 2.57 bits per heavy atom. The number of carbonyl (C=O) groups is 2. The molecular weight excluding hydrogens is 312 g/mol. The Hall–Kier alpha value is -2.08. The van der Waals surface area contributed by atoms with E-state index in [1.807, 2.05) is 6.08 Å². The number of thioether (sulfide) groups is 1. The van der Waals surface area contributed by atoms with Crippen molar-refractivity contribution in [2.75, 3.05) is 20.2 Å². The summed E-state index contributed by atoms with van der Waals surface area (Å²) in [7, 11) is 1.35. The molecule has 2 heterocycles. The fourth-order valence-electron chi connectivity index (χ4n) is 2.60. The first-order valence-electron chi connectivity index (χ1n) is 7.63. The standard InChI is InChI=1S/C17H18N2O3S/c1-22-16(21)13-7-5-12(6-8-13)11-14-15(20)18-17(23-14)19-9-3-2-4-10-19/h5-8,11H,2-4,9-10H2,1H3. The summed E-state index contributed by atoms with van der Waals surface area (Å²) in [5.41, 5.74) is 1.36. The van der Waals surface area contributed by atoms with E-state index in [4.69, 9.17) is 0 Å². The van der Waals surface area contributed by atoms with E-state index in [9.17, 15) is 9.59 Å². The molecule has 23 heavy (non-hydrogen) atoms. The van der Waals surface area contributed by atoms with Crippen LogP contribution in [0.25, 0.3) is 6.08 Å². The minimum Gasteiger partial charge on any atom is -0.465 e. The van der Waals surface area contributed by atoms with Crippen LogP contribution in [0.1, 0.15) is 35.2 Å². The Balaban J connectivity index is 1.71. The quantitative estimate of drug-likeness (QED) is 0.616. The van der Waals surface area contributed by atoms with E-state index < -0.39 is 0 Å². The van der Waals surface area contributed by atoms with Gasteiger partial charge in [0.15, 0.2) is 5.17 Å². The number of amides is 1. The number of rotatable bonds is 2. The van der Waals surface area contributed by atoms with Gasteiger partial charge < -0.3 is 9.64 Å². The number of nitrogens with zero attached hydrogens (tertiary/aromatic N) is 2. The molecule has 0 N–H and O–H groups in total. The van der Waals surface area contributed by atoms with E-state index in [-0.39, 0.29) is 11.9 Å². The molecule has 3 rings (SSSR count). The molecule has 0 saturated carbocycles. The van der Waals surface area contributed by atoms with E-state index in [1.54, 1.807) is 24.3 Å². The zero-order valence-corrected chi connectivity index (χ0v) is 13.8. The van der Waals surface area contributed by atoms with Crippen molar-refractivity contribution in [2.45, 2.75) is 19.3 Å². The van der Waals surface area contributed by atoms with Gasteiger partial charge in [-0.05, 0) is 54.8 Å². The predicted molar refractivity (Wildman–Crippen MR) is 91.2 cm³/mol. The highest BCUT2D eigenvalue weighted by Crippen LogP contribution is 2.31. The number of likely N-dealkylation sites (tertiary alicyclic amines) is 1. The van der Waals surface area contributed by atoms with E-state index >= 15 is 0 Å². The Labute approximate surface area is 139 Å². The Bertz CT molecular complexity index is 674. The minimum absolute atomic E-state index is 0.187. The number of benzene rings is 1. The summed E-state index contributed by atoms with van der Waals surface area (Å²) in [4.78, 5) is 30.5. The van der Waals surface area contributed by atoms with Crippen molar-refractivity contribution < 1.29 is 14.3 Å².